The van der Waals surface area contributed by atoms with Crippen LogP contribution in [0.1, 0.15) is 46.6 Å². The van der Waals surface area contributed by atoms with Gasteiger partial charge < -0.3 is 14.8 Å². The van der Waals surface area contributed by atoms with Gasteiger partial charge in [-0.2, -0.15) is 0 Å². The third-order valence-electron chi connectivity index (χ3n) is 5.11. The summed E-state index contributed by atoms with van der Waals surface area (Å²) >= 11 is 5.80. The van der Waals surface area contributed by atoms with Gasteiger partial charge in [-0.15, -0.1) is 0 Å². The smallest absolute Gasteiger partial charge is 0.412 e. The number of halogens is 1. The summed E-state index contributed by atoms with van der Waals surface area (Å²) in [5, 5.41) is 5.92. The van der Waals surface area contributed by atoms with Gasteiger partial charge >= 0.3 is 12.1 Å². The van der Waals surface area contributed by atoms with Crippen molar-refractivity contribution >= 4 is 35.2 Å². The second-order valence-corrected chi connectivity index (χ2v) is 9.87. The van der Waals surface area contributed by atoms with Crippen LogP contribution in [0.5, 0.6) is 0 Å². The topological polar surface area (TPSA) is 92.8 Å². The van der Waals surface area contributed by atoms with E-state index in [-0.39, 0.29) is 12.1 Å². The van der Waals surface area contributed by atoms with Crippen LogP contribution in [0.15, 0.2) is 42.6 Å². The largest absolute Gasteiger partial charge is 0.444 e. The molecule has 1 aliphatic rings. The van der Waals surface area contributed by atoms with Crippen LogP contribution >= 0.6 is 11.6 Å². The Kier molecular flexibility index (Phi) is 7.49. The molecule has 0 aliphatic carbocycles. The third kappa shape index (κ3) is 7.07. The van der Waals surface area contributed by atoms with Crippen LogP contribution in [-0.2, 0) is 15.9 Å². The van der Waals surface area contributed by atoms with Gasteiger partial charge in [0.05, 0.1) is 17.7 Å². The van der Waals surface area contributed by atoms with Crippen LogP contribution in [0.2, 0.25) is 5.02 Å². The number of anilines is 2. The molecule has 178 valence electrons. The number of nitrogens with zero attached hydrogens (tertiary/aromatic N) is 2. The quantitative estimate of drug-likeness (QED) is 0.581. The van der Waals surface area contributed by atoms with Gasteiger partial charge in [0.2, 0.25) is 0 Å². The molecule has 1 atom stereocenters. The van der Waals surface area contributed by atoms with E-state index in [4.69, 9.17) is 21.1 Å². The van der Waals surface area contributed by atoms with Crippen molar-refractivity contribution in [1.82, 2.24) is 9.88 Å². The Labute approximate surface area is 199 Å². The molecule has 0 radical (unpaired) electrons. The number of carbonyl (C=O) groups excluding carboxylic acids is 2. The van der Waals surface area contributed by atoms with Gasteiger partial charge in [-0.3, -0.25) is 10.2 Å². The number of pyridine rings is 1. The maximum absolute atomic E-state index is 12.8. The van der Waals surface area contributed by atoms with Crippen LogP contribution < -0.4 is 10.6 Å². The molecule has 3 amide bonds. The van der Waals surface area contributed by atoms with Crippen molar-refractivity contribution in [2.45, 2.75) is 64.8 Å². The molecule has 2 heterocycles. The average molecular weight is 475 g/mol. The average Bonchev–Trinajstić information content (AvgIpc) is 3.02. The molecule has 1 fully saturated rings. The van der Waals surface area contributed by atoms with Crippen LogP contribution in [0.25, 0.3) is 0 Å². The number of ether oxygens (including phenoxy) is 2. The Morgan fingerprint density at radius 3 is 2.48 bits per heavy atom. The van der Waals surface area contributed by atoms with Gasteiger partial charge in [0.1, 0.15) is 17.1 Å². The van der Waals surface area contributed by atoms with Gasteiger partial charge in [-0.25, -0.2) is 14.6 Å². The second kappa shape index (κ2) is 9.97. The van der Waals surface area contributed by atoms with E-state index in [0.717, 1.165) is 18.4 Å². The summed E-state index contributed by atoms with van der Waals surface area (Å²) in [5.74, 6) is 0.407. The molecule has 1 saturated heterocycles. The second-order valence-electron chi connectivity index (χ2n) is 9.44. The number of amides is 3. The first-order valence-electron chi connectivity index (χ1n) is 10.9. The van der Waals surface area contributed by atoms with Crippen molar-refractivity contribution in [3.05, 3.63) is 53.2 Å². The Bertz CT molecular complexity index is 971. The van der Waals surface area contributed by atoms with Gasteiger partial charge in [0.25, 0.3) is 0 Å². The molecule has 8 nitrogen and oxygen atoms in total. The Balaban J connectivity index is 1.54. The molecule has 1 unspecified atom stereocenters. The highest BCUT2D eigenvalue weighted by molar-refractivity contribution is 6.30. The van der Waals surface area contributed by atoms with Crippen LogP contribution in [-0.4, -0.2) is 46.0 Å². The monoisotopic (exact) mass is 474 g/mol. The van der Waals surface area contributed by atoms with E-state index in [9.17, 15) is 9.59 Å². The van der Waals surface area contributed by atoms with Crippen molar-refractivity contribution in [1.29, 1.82) is 0 Å². The first kappa shape index (κ1) is 24.8. The summed E-state index contributed by atoms with van der Waals surface area (Å²) < 4.78 is 11.5. The maximum Gasteiger partial charge on any atom is 0.412 e. The Morgan fingerprint density at radius 2 is 1.88 bits per heavy atom. The standard InChI is InChI=1S/C24H31ClN4O4/c1-23(2,3)33-22(31)29-19(15-32-24(29,4)5)12-8-16-6-10-18(11-7-16)27-21(30)28-20-13-9-17(25)14-26-20/h6-7,9-11,13-14,19H,8,12,15H2,1-5H3,(H2,26,27,28,30). The fourth-order valence-electron chi connectivity index (χ4n) is 3.59. The first-order chi connectivity index (χ1) is 15.4. The highest BCUT2D eigenvalue weighted by Crippen LogP contribution is 2.31. The normalized spacial score (nSPS) is 17.5. The Hall–Kier alpha value is -2.84. The van der Waals surface area contributed by atoms with E-state index in [1.165, 1.54) is 6.20 Å². The first-order valence-corrected chi connectivity index (χ1v) is 11.3. The predicted molar refractivity (Wildman–Crippen MR) is 129 cm³/mol. The molecule has 1 aromatic carbocycles. The molecule has 9 heteroatoms. The summed E-state index contributed by atoms with van der Waals surface area (Å²) in [4.78, 5) is 30.6. The van der Waals surface area contributed by atoms with Crippen molar-refractivity contribution < 1.29 is 19.1 Å². The van der Waals surface area contributed by atoms with E-state index in [0.29, 0.717) is 23.1 Å². The molecular formula is C24H31ClN4O4. The SMILES string of the molecule is CC(C)(C)OC(=O)N1C(CCc2ccc(NC(=O)Nc3ccc(Cl)cn3)cc2)COC1(C)C. The van der Waals surface area contributed by atoms with Gasteiger partial charge in [0, 0.05) is 11.9 Å². The number of rotatable bonds is 5. The summed E-state index contributed by atoms with van der Waals surface area (Å²) in [6.07, 6.45) is 2.59. The lowest BCUT2D eigenvalue weighted by Gasteiger charge is -2.35. The molecular weight excluding hydrogens is 444 g/mol. The molecule has 0 saturated carbocycles. The third-order valence-corrected chi connectivity index (χ3v) is 5.34. The fourth-order valence-corrected chi connectivity index (χ4v) is 3.70. The molecule has 2 aromatic rings. The number of nitrogens with one attached hydrogen (secondary N) is 2. The lowest BCUT2D eigenvalue weighted by atomic mass is 10.0. The fraction of sp³-hybridized carbons (Fsp3) is 0.458. The highest BCUT2D eigenvalue weighted by Gasteiger charge is 2.45. The van der Waals surface area contributed by atoms with Crippen LogP contribution in [0, 0.1) is 0 Å². The van der Waals surface area contributed by atoms with Crippen molar-refractivity contribution in [3.63, 3.8) is 0 Å². The van der Waals surface area contributed by atoms with Gasteiger partial charge in [-0.05, 0) is 77.3 Å². The Morgan fingerprint density at radius 1 is 1.18 bits per heavy atom. The zero-order valence-electron chi connectivity index (χ0n) is 19.6. The number of carbonyl (C=O) groups is 2. The number of benzene rings is 1. The van der Waals surface area contributed by atoms with E-state index in [2.05, 4.69) is 15.6 Å². The highest BCUT2D eigenvalue weighted by atomic mass is 35.5. The summed E-state index contributed by atoms with van der Waals surface area (Å²) in [7, 11) is 0. The molecule has 3 rings (SSSR count). The number of hydrogen-bond donors (Lipinski definition) is 2. The maximum atomic E-state index is 12.8. The van der Waals surface area contributed by atoms with Crippen molar-refractivity contribution in [2.75, 3.05) is 17.2 Å². The molecule has 0 spiro atoms. The lowest BCUT2D eigenvalue weighted by molar-refractivity contribution is -0.0626. The van der Waals surface area contributed by atoms with Crippen molar-refractivity contribution in [2.24, 2.45) is 0 Å². The summed E-state index contributed by atoms with van der Waals surface area (Å²) in [6.45, 7) is 9.78. The number of aromatic nitrogens is 1. The minimum absolute atomic E-state index is 0.0784. The van der Waals surface area contributed by atoms with Gasteiger partial charge in [-0.1, -0.05) is 23.7 Å². The van der Waals surface area contributed by atoms with E-state index in [1.807, 2.05) is 58.9 Å². The van der Waals surface area contributed by atoms with Crippen LogP contribution in [0.3, 0.4) is 0 Å². The minimum atomic E-state index is -0.715. The number of hydrogen-bond acceptors (Lipinski definition) is 5. The van der Waals surface area contributed by atoms with Gasteiger partial charge in [0.15, 0.2) is 0 Å². The molecule has 33 heavy (non-hydrogen) atoms. The van der Waals surface area contributed by atoms with Crippen LogP contribution in [0.4, 0.5) is 21.1 Å². The zero-order chi connectivity index (χ0) is 24.2. The summed E-state index contributed by atoms with van der Waals surface area (Å²) in [5.41, 5.74) is 0.465. The number of urea groups is 1. The zero-order valence-corrected chi connectivity index (χ0v) is 20.4. The minimum Gasteiger partial charge on any atom is -0.444 e. The molecule has 2 N–H and O–H groups in total. The summed E-state index contributed by atoms with van der Waals surface area (Å²) in [6, 6.07) is 10.4. The van der Waals surface area contributed by atoms with E-state index >= 15 is 0 Å². The molecule has 1 aliphatic heterocycles. The van der Waals surface area contributed by atoms with E-state index in [1.54, 1.807) is 17.0 Å². The van der Waals surface area contributed by atoms with Crippen molar-refractivity contribution in [3.8, 4) is 0 Å². The lowest BCUT2D eigenvalue weighted by Crippen LogP contribution is -2.49. The van der Waals surface area contributed by atoms with E-state index < -0.39 is 17.4 Å². The number of aryl methyl sites for hydroxylation is 1. The predicted octanol–water partition coefficient (Wildman–Crippen LogP) is 5.68. The molecule has 0 bridgehead atoms. The molecule has 1 aromatic heterocycles.